The van der Waals surface area contributed by atoms with E-state index in [2.05, 4.69) is 10.1 Å². The molecule has 0 amide bonds. The highest BCUT2D eigenvalue weighted by molar-refractivity contribution is 5.92. The Morgan fingerprint density at radius 2 is 2.28 bits per heavy atom. The molecule has 0 radical (unpaired) electrons. The summed E-state index contributed by atoms with van der Waals surface area (Å²) in [6.45, 7) is 0. The third-order valence-electron chi connectivity index (χ3n) is 2.73. The second-order valence-electron chi connectivity index (χ2n) is 3.85. The summed E-state index contributed by atoms with van der Waals surface area (Å²) in [5.41, 5.74) is 2.80. The number of benzene rings is 1. The average molecular weight is 243 g/mol. The van der Waals surface area contributed by atoms with Gasteiger partial charge >= 0.3 is 5.97 Å². The normalized spacial score (nSPS) is 10.9. The first-order valence-electron chi connectivity index (χ1n) is 5.27. The molecule has 2 aromatic heterocycles. The topological polar surface area (TPSA) is 81.2 Å². The summed E-state index contributed by atoms with van der Waals surface area (Å²) in [5.74, 6) is -1.05. The lowest BCUT2D eigenvalue weighted by Crippen LogP contribution is -1.99. The van der Waals surface area contributed by atoms with Crippen LogP contribution in [-0.2, 0) is 7.05 Å². The van der Waals surface area contributed by atoms with E-state index in [4.69, 9.17) is 9.52 Å². The lowest BCUT2D eigenvalue weighted by molar-refractivity contribution is 0.0689. The second-order valence-corrected chi connectivity index (χ2v) is 3.85. The number of oxazole rings is 1. The van der Waals surface area contributed by atoms with E-state index in [9.17, 15) is 4.79 Å². The number of fused-ring (bicyclic) bond motifs is 1. The predicted octanol–water partition coefficient (Wildman–Crippen LogP) is 1.93. The van der Waals surface area contributed by atoms with Gasteiger partial charge in [-0.1, -0.05) is 6.07 Å². The fourth-order valence-corrected chi connectivity index (χ4v) is 1.91. The third kappa shape index (κ3) is 1.46. The van der Waals surface area contributed by atoms with Crippen molar-refractivity contribution in [3.63, 3.8) is 0 Å². The maximum Gasteiger partial charge on any atom is 0.356 e. The first kappa shape index (κ1) is 10.5. The molecule has 0 aliphatic carbocycles. The molecular formula is C12H9N3O3. The number of aromatic carboxylic acids is 1. The lowest BCUT2D eigenvalue weighted by atomic mass is 10.1. The van der Waals surface area contributed by atoms with Gasteiger partial charge in [-0.15, -0.1) is 0 Å². The first-order chi connectivity index (χ1) is 8.66. The number of carboxylic acids is 1. The van der Waals surface area contributed by atoms with Gasteiger partial charge in [0.05, 0.1) is 5.69 Å². The zero-order valence-corrected chi connectivity index (χ0v) is 9.49. The van der Waals surface area contributed by atoms with Gasteiger partial charge in [-0.3, -0.25) is 4.68 Å². The van der Waals surface area contributed by atoms with Gasteiger partial charge in [0.25, 0.3) is 0 Å². The second kappa shape index (κ2) is 3.69. The van der Waals surface area contributed by atoms with Crippen molar-refractivity contribution in [2.75, 3.05) is 0 Å². The standard InChI is InChI=1S/C12H9N3O3/c1-15-10(5-9(14-15)12(16)17)7-3-2-4-8-11(7)18-6-13-8/h2-6H,1H3,(H,16,17). The molecule has 0 unspecified atom stereocenters. The van der Waals surface area contributed by atoms with Gasteiger partial charge in [0.2, 0.25) is 0 Å². The highest BCUT2D eigenvalue weighted by atomic mass is 16.4. The zero-order chi connectivity index (χ0) is 12.7. The minimum Gasteiger partial charge on any atom is -0.476 e. The molecule has 1 N–H and O–H groups in total. The van der Waals surface area contributed by atoms with Crippen LogP contribution < -0.4 is 0 Å². The smallest absolute Gasteiger partial charge is 0.356 e. The van der Waals surface area contributed by atoms with Crippen molar-refractivity contribution in [2.24, 2.45) is 7.05 Å². The Bertz CT molecular complexity index is 742. The number of rotatable bonds is 2. The van der Waals surface area contributed by atoms with Crippen molar-refractivity contribution in [1.29, 1.82) is 0 Å². The van der Waals surface area contributed by atoms with Gasteiger partial charge in [-0.2, -0.15) is 5.10 Å². The molecule has 0 saturated carbocycles. The Balaban J connectivity index is 2.26. The molecule has 0 spiro atoms. The molecule has 0 bridgehead atoms. The van der Waals surface area contributed by atoms with Gasteiger partial charge in [0.15, 0.2) is 17.7 Å². The molecule has 6 heteroatoms. The van der Waals surface area contributed by atoms with Crippen molar-refractivity contribution in [3.8, 4) is 11.3 Å². The van der Waals surface area contributed by atoms with E-state index in [1.165, 1.54) is 17.1 Å². The van der Waals surface area contributed by atoms with E-state index in [-0.39, 0.29) is 5.69 Å². The van der Waals surface area contributed by atoms with Crippen LogP contribution in [0.4, 0.5) is 0 Å². The van der Waals surface area contributed by atoms with Crippen molar-refractivity contribution in [2.45, 2.75) is 0 Å². The number of carbonyl (C=O) groups is 1. The van der Waals surface area contributed by atoms with Crippen LogP contribution in [0.15, 0.2) is 35.1 Å². The van der Waals surface area contributed by atoms with E-state index in [1.54, 1.807) is 7.05 Å². The Labute approximate surface area is 101 Å². The Morgan fingerprint density at radius 3 is 3.00 bits per heavy atom. The molecule has 0 saturated heterocycles. The summed E-state index contributed by atoms with van der Waals surface area (Å²) in [7, 11) is 1.69. The van der Waals surface area contributed by atoms with Crippen LogP contribution in [0.1, 0.15) is 10.5 Å². The minimum absolute atomic E-state index is 0.00372. The molecule has 1 aromatic carbocycles. The number of carboxylic acid groups (broad SMARTS) is 1. The number of nitrogens with zero attached hydrogens (tertiary/aromatic N) is 3. The fourth-order valence-electron chi connectivity index (χ4n) is 1.91. The van der Waals surface area contributed by atoms with Crippen molar-refractivity contribution < 1.29 is 14.3 Å². The summed E-state index contributed by atoms with van der Waals surface area (Å²) < 4.78 is 6.84. The number of para-hydroxylation sites is 1. The van der Waals surface area contributed by atoms with Crippen molar-refractivity contribution >= 4 is 17.1 Å². The molecular weight excluding hydrogens is 234 g/mol. The van der Waals surface area contributed by atoms with E-state index < -0.39 is 5.97 Å². The largest absolute Gasteiger partial charge is 0.476 e. The maximum atomic E-state index is 10.9. The molecule has 90 valence electrons. The molecule has 0 aliphatic rings. The summed E-state index contributed by atoms with van der Waals surface area (Å²) in [6, 6.07) is 7.03. The molecule has 18 heavy (non-hydrogen) atoms. The van der Waals surface area contributed by atoms with E-state index in [1.807, 2.05) is 18.2 Å². The summed E-state index contributed by atoms with van der Waals surface area (Å²) >= 11 is 0. The van der Waals surface area contributed by atoms with Crippen LogP contribution in [0.2, 0.25) is 0 Å². The van der Waals surface area contributed by atoms with Crippen molar-refractivity contribution in [3.05, 3.63) is 36.4 Å². The van der Waals surface area contributed by atoms with Gasteiger partial charge in [0, 0.05) is 12.6 Å². The molecule has 0 aliphatic heterocycles. The van der Waals surface area contributed by atoms with E-state index >= 15 is 0 Å². The number of hydrogen-bond donors (Lipinski definition) is 1. The monoisotopic (exact) mass is 243 g/mol. The molecule has 0 atom stereocenters. The molecule has 3 aromatic rings. The van der Waals surface area contributed by atoms with Crippen LogP contribution >= 0.6 is 0 Å². The Hall–Kier alpha value is -2.63. The minimum atomic E-state index is -1.05. The molecule has 0 fully saturated rings. The maximum absolute atomic E-state index is 10.9. The SMILES string of the molecule is Cn1nc(C(=O)O)cc1-c1cccc2ncoc12. The van der Waals surface area contributed by atoms with Crippen LogP contribution in [0.25, 0.3) is 22.4 Å². The average Bonchev–Trinajstić information content (AvgIpc) is 2.94. The van der Waals surface area contributed by atoms with Gasteiger partial charge in [-0.05, 0) is 18.2 Å². The molecule has 6 nitrogen and oxygen atoms in total. The quantitative estimate of drug-likeness (QED) is 0.743. The van der Waals surface area contributed by atoms with Crippen LogP contribution in [0, 0.1) is 0 Å². The van der Waals surface area contributed by atoms with Crippen LogP contribution in [0.5, 0.6) is 0 Å². The Morgan fingerprint density at radius 1 is 1.44 bits per heavy atom. The summed E-state index contributed by atoms with van der Waals surface area (Å²) in [5, 5.41) is 12.9. The summed E-state index contributed by atoms with van der Waals surface area (Å²) in [6.07, 6.45) is 1.36. The van der Waals surface area contributed by atoms with Gasteiger partial charge in [-0.25, -0.2) is 9.78 Å². The van der Waals surface area contributed by atoms with Crippen LogP contribution in [-0.4, -0.2) is 25.8 Å². The lowest BCUT2D eigenvalue weighted by Gasteiger charge is -2.01. The van der Waals surface area contributed by atoms with Gasteiger partial charge < -0.3 is 9.52 Å². The third-order valence-corrected chi connectivity index (χ3v) is 2.73. The Kier molecular flexibility index (Phi) is 2.16. The molecule has 3 rings (SSSR count). The van der Waals surface area contributed by atoms with E-state index in [0.717, 1.165) is 11.1 Å². The van der Waals surface area contributed by atoms with Gasteiger partial charge in [0.1, 0.15) is 5.52 Å². The first-order valence-corrected chi connectivity index (χ1v) is 5.27. The van der Waals surface area contributed by atoms with Crippen molar-refractivity contribution in [1.82, 2.24) is 14.8 Å². The predicted molar refractivity (Wildman–Crippen MR) is 63.2 cm³/mol. The highest BCUT2D eigenvalue weighted by Crippen LogP contribution is 2.28. The molecule has 2 heterocycles. The number of aromatic nitrogens is 3. The van der Waals surface area contributed by atoms with Crippen LogP contribution in [0.3, 0.4) is 0 Å². The highest BCUT2D eigenvalue weighted by Gasteiger charge is 2.15. The van der Waals surface area contributed by atoms with E-state index in [0.29, 0.717) is 11.3 Å². The fraction of sp³-hybridized carbons (Fsp3) is 0.0833. The zero-order valence-electron chi connectivity index (χ0n) is 9.49. The number of aryl methyl sites for hydroxylation is 1. The summed E-state index contributed by atoms with van der Waals surface area (Å²) in [4.78, 5) is 15.0. The number of hydrogen-bond acceptors (Lipinski definition) is 4.